The van der Waals surface area contributed by atoms with Crippen LogP contribution in [0, 0.1) is 0 Å². The molecule has 1 aromatic rings. The lowest BCUT2D eigenvalue weighted by molar-refractivity contribution is -0.355. The van der Waals surface area contributed by atoms with Crippen LogP contribution in [-0.4, -0.2) is 76.0 Å². The number of nitrogens with two attached hydrogens (primary N) is 1. The molecular weight excluding hydrogens is 358 g/mol. The topological polar surface area (TPSA) is 234 Å². The van der Waals surface area contributed by atoms with Gasteiger partial charge in [-0.1, -0.05) is 0 Å². The van der Waals surface area contributed by atoms with E-state index in [0.717, 1.165) is 0 Å². The number of nitrogens with zero attached hydrogens (tertiary/aromatic N) is 1. The summed E-state index contributed by atoms with van der Waals surface area (Å²) in [5.41, 5.74) is 4.13. The number of carbonyl (C=O) groups excluding carboxylic acids is 3. The molecule has 0 spiro atoms. The third kappa shape index (κ3) is 1.90. The molecule has 1 unspecified atom stereocenters. The predicted molar refractivity (Wildman–Crippen MR) is 77.0 cm³/mol. The Morgan fingerprint density at radius 1 is 1.00 bits per heavy atom. The molecule has 1 aromatic carbocycles. The number of imide groups is 1. The fraction of sp³-hybridized carbons (Fsp3) is 0.308. The minimum atomic E-state index is -3.85. The van der Waals surface area contributed by atoms with Crippen molar-refractivity contribution in [1.29, 1.82) is 0 Å². The Bertz CT molecular complexity index is 878. The van der Waals surface area contributed by atoms with Gasteiger partial charge in [0.05, 0.1) is 17.8 Å². The number of piperidine rings is 1. The van der Waals surface area contributed by atoms with Crippen LogP contribution >= 0.6 is 0 Å². The van der Waals surface area contributed by atoms with Gasteiger partial charge in [0.2, 0.25) is 5.75 Å². The molecule has 13 heteroatoms. The van der Waals surface area contributed by atoms with Crippen LogP contribution in [0.1, 0.15) is 15.9 Å². The lowest BCUT2D eigenvalue weighted by Crippen LogP contribution is -2.79. The van der Waals surface area contributed by atoms with E-state index >= 15 is 0 Å². The van der Waals surface area contributed by atoms with Gasteiger partial charge < -0.3 is 46.4 Å². The first kappa shape index (κ1) is 17.7. The molecule has 2 aliphatic rings. The van der Waals surface area contributed by atoms with Crippen molar-refractivity contribution in [1.82, 2.24) is 10.2 Å². The quantitative estimate of drug-likeness (QED) is 0.0753. The summed E-state index contributed by atoms with van der Waals surface area (Å²) < 4.78 is 0. The monoisotopic (exact) mass is 371 g/mol. The number of aliphatic hydroxyl groups is 4. The van der Waals surface area contributed by atoms with E-state index in [1.807, 2.05) is 0 Å². The number of phenolic OH excluding ortho intramolecular Hbond substituents is 3. The second kappa shape index (κ2) is 4.95. The molecule has 140 valence electrons. The van der Waals surface area contributed by atoms with E-state index in [2.05, 4.69) is 0 Å². The normalized spacial score (nSPS) is 23.8. The molecule has 26 heavy (non-hydrogen) atoms. The highest BCUT2D eigenvalue weighted by Crippen LogP contribution is 2.49. The Hall–Kier alpha value is -3.13. The van der Waals surface area contributed by atoms with Gasteiger partial charge in [-0.05, 0) is 0 Å². The minimum absolute atomic E-state index is 0.259. The fourth-order valence-corrected chi connectivity index (χ4v) is 2.93. The van der Waals surface area contributed by atoms with Crippen molar-refractivity contribution in [3.63, 3.8) is 0 Å². The molecule has 0 radical (unpaired) electrons. The number of fused-ring (bicyclic) bond motifs is 1. The van der Waals surface area contributed by atoms with Crippen molar-refractivity contribution in [2.75, 3.05) is 5.73 Å². The van der Waals surface area contributed by atoms with Crippen LogP contribution in [0.2, 0.25) is 0 Å². The van der Waals surface area contributed by atoms with E-state index in [1.165, 1.54) is 5.32 Å². The van der Waals surface area contributed by atoms with Crippen LogP contribution in [0.25, 0.3) is 0 Å². The Labute approximate surface area is 143 Å². The lowest BCUT2D eigenvalue weighted by Gasteiger charge is -2.44. The molecule has 10 N–H and O–H groups in total. The van der Waals surface area contributed by atoms with Crippen LogP contribution in [-0.2, 0) is 16.1 Å². The molecule has 2 aliphatic heterocycles. The summed E-state index contributed by atoms with van der Waals surface area (Å²) >= 11 is 0. The van der Waals surface area contributed by atoms with Crippen molar-refractivity contribution >= 4 is 23.4 Å². The van der Waals surface area contributed by atoms with Crippen molar-refractivity contribution in [2.45, 2.75) is 24.2 Å². The average Bonchev–Trinajstić information content (AvgIpc) is 2.87. The van der Waals surface area contributed by atoms with E-state index in [9.17, 15) is 50.1 Å². The first-order valence-corrected chi connectivity index (χ1v) is 6.95. The highest BCUT2D eigenvalue weighted by molar-refractivity contribution is 6.10. The van der Waals surface area contributed by atoms with Crippen LogP contribution in [0.3, 0.4) is 0 Å². The average molecular weight is 371 g/mol. The number of carbonyl (C=O) groups is 3. The number of rotatable bonds is 1. The lowest BCUT2D eigenvalue weighted by atomic mass is 9.90. The second-order valence-electron chi connectivity index (χ2n) is 5.87. The number of aromatic hydroxyl groups is 3. The number of phenols is 3. The maximum absolute atomic E-state index is 12.5. The van der Waals surface area contributed by atoms with Gasteiger partial charge in [0.1, 0.15) is 0 Å². The number of hydrogen-bond donors (Lipinski definition) is 9. The zero-order valence-electron chi connectivity index (χ0n) is 12.7. The third-order valence-corrected chi connectivity index (χ3v) is 4.38. The SMILES string of the molecule is Nc1c(O)c(O)c(O)c2c1CN(C1C(=O)NC(=O)C(O)(O)C1(O)O)C2=O. The molecule has 3 amide bonds. The predicted octanol–water partition coefficient (Wildman–Crippen LogP) is -4.27. The van der Waals surface area contributed by atoms with Gasteiger partial charge in [0.25, 0.3) is 23.5 Å². The summed E-state index contributed by atoms with van der Waals surface area (Å²) in [7, 11) is 0. The maximum atomic E-state index is 12.5. The van der Waals surface area contributed by atoms with Gasteiger partial charge in [-0.15, -0.1) is 0 Å². The van der Waals surface area contributed by atoms with Gasteiger partial charge in [-0.2, -0.15) is 0 Å². The van der Waals surface area contributed by atoms with Crippen molar-refractivity contribution in [2.24, 2.45) is 0 Å². The summed E-state index contributed by atoms with van der Waals surface area (Å²) in [6, 6.07) is -2.40. The summed E-state index contributed by atoms with van der Waals surface area (Å²) in [6.45, 7) is -0.688. The number of anilines is 1. The highest BCUT2D eigenvalue weighted by Gasteiger charge is 2.67. The summed E-state index contributed by atoms with van der Waals surface area (Å²) in [5.74, 6) is -15.3. The van der Waals surface area contributed by atoms with Gasteiger partial charge in [-0.3, -0.25) is 19.7 Å². The summed E-state index contributed by atoms with van der Waals surface area (Å²) in [6.07, 6.45) is 0. The van der Waals surface area contributed by atoms with Crippen LogP contribution < -0.4 is 11.1 Å². The Kier molecular flexibility index (Phi) is 3.37. The first-order chi connectivity index (χ1) is 11.8. The molecular formula is C13H13N3O10. The molecule has 13 nitrogen and oxygen atoms in total. The van der Waals surface area contributed by atoms with Crippen LogP contribution in [0.4, 0.5) is 5.69 Å². The maximum Gasteiger partial charge on any atom is 0.303 e. The van der Waals surface area contributed by atoms with Crippen molar-refractivity contribution < 1.29 is 50.1 Å². The van der Waals surface area contributed by atoms with Crippen molar-refractivity contribution in [3.8, 4) is 17.2 Å². The molecule has 0 bridgehead atoms. The Balaban J connectivity index is 2.14. The number of hydrogen-bond acceptors (Lipinski definition) is 11. The molecule has 0 aliphatic carbocycles. The van der Waals surface area contributed by atoms with E-state index in [-0.39, 0.29) is 5.56 Å². The largest absolute Gasteiger partial charge is 0.504 e. The first-order valence-electron chi connectivity index (χ1n) is 6.95. The molecule has 0 saturated carbocycles. The minimum Gasteiger partial charge on any atom is -0.504 e. The van der Waals surface area contributed by atoms with E-state index in [4.69, 9.17) is 5.73 Å². The van der Waals surface area contributed by atoms with Gasteiger partial charge in [0.15, 0.2) is 17.5 Å². The van der Waals surface area contributed by atoms with E-state index in [1.54, 1.807) is 0 Å². The molecule has 2 heterocycles. The Morgan fingerprint density at radius 3 is 2.15 bits per heavy atom. The number of nitrogens with one attached hydrogen (secondary N) is 1. The van der Waals surface area contributed by atoms with Crippen LogP contribution in [0.15, 0.2) is 0 Å². The fourth-order valence-electron chi connectivity index (χ4n) is 2.93. The highest BCUT2D eigenvalue weighted by atomic mass is 16.6. The third-order valence-electron chi connectivity index (χ3n) is 4.38. The molecule has 1 atom stereocenters. The smallest absolute Gasteiger partial charge is 0.303 e. The molecule has 3 rings (SSSR count). The standard InChI is InChI=1S/C13H13N3O10/c14-4-2-1-16(10(21)3(2)5(17)7(19)6(4)18)8-9(20)15-11(22)13(25,26)12(8,23)24/h8,17-19,23-26H,1,14H2,(H,15,20,22). The Morgan fingerprint density at radius 2 is 1.58 bits per heavy atom. The molecule has 0 aromatic heterocycles. The molecule has 1 saturated heterocycles. The molecule has 1 fully saturated rings. The zero-order chi connectivity index (χ0) is 19.8. The van der Waals surface area contributed by atoms with Gasteiger partial charge in [-0.25, -0.2) is 0 Å². The number of nitrogen functional groups attached to an aromatic ring is 1. The second-order valence-corrected chi connectivity index (χ2v) is 5.87. The van der Waals surface area contributed by atoms with Crippen LogP contribution in [0.5, 0.6) is 17.2 Å². The number of amides is 3. The van der Waals surface area contributed by atoms with Crippen molar-refractivity contribution in [3.05, 3.63) is 11.1 Å². The van der Waals surface area contributed by atoms with E-state index < -0.39 is 70.4 Å². The summed E-state index contributed by atoms with van der Waals surface area (Å²) in [4.78, 5) is 36.4. The summed E-state index contributed by atoms with van der Waals surface area (Å²) in [5, 5.41) is 69.8. The zero-order valence-corrected chi connectivity index (χ0v) is 12.7. The number of benzene rings is 1. The van der Waals surface area contributed by atoms with E-state index in [0.29, 0.717) is 4.90 Å². The van der Waals surface area contributed by atoms with Gasteiger partial charge in [0, 0.05) is 5.56 Å². The van der Waals surface area contributed by atoms with Gasteiger partial charge >= 0.3 is 5.79 Å².